The van der Waals surface area contributed by atoms with E-state index >= 15 is 0 Å². The molecular weight excluding hydrogens is 406 g/mol. The van der Waals surface area contributed by atoms with Gasteiger partial charge in [-0.25, -0.2) is 4.98 Å². The fourth-order valence-corrected chi connectivity index (χ4v) is 4.76. The Labute approximate surface area is 186 Å². The van der Waals surface area contributed by atoms with Gasteiger partial charge in [-0.2, -0.15) is 5.10 Å². The second kappa shape index (κ2) is 10.1. The molecule has 0 aliphatic rings. The molecule has 0 spiro atoms. The van der Waals surface area contributed by atoms with Crippen molar-refractivity contribution < 1.29 is 9.53 Å². The zero-order valence-corrected chi connectivity index (χ0v) is 18.0. The molecule has 0 N–H and O–H groups in total. The van der Waals surface area contributed by atoms with Gasteiger partial charge in [0.1, 0.15) is 18.4 Å². The van der Waals surface area contributed by atoms with Crippen LogP contribution in [0.3, 0.4) is 0 Å². The highest BCUT2D eigenvalue weighted by Gasteiger charge is 2.32. The highest BCUT2D eigenvalue weighted by atomic mass is 32.2. The fraction of sp³-hybridized carbons (Fsp3) is 0.160. The third kappa shape index (κ3) is 5.22. The van der Waals surface area contributed by atoms with Crippen molar-refractivity contribution in [1.82, 2.24) is 14.8 Å². The fourth-order valence-electron chi connectivity index (χ4n) is 3.48. The smallest absolute Gasteiger partial charge is 0.169 e. The lowest BCUT2D eigenvalue weighted by Gasteiger charge is -2.26. The first-order valence-electron chi connectivity index (χ1n) is 10.0. The summed E-state index contributed by atoms with van der Waals surface area (Å²) in [6.07, 6.45) is 3.15. The van der Waals surface area contributed by atoms with E-state index in [4.69, 9.17) is 4.74 Å². The highest BCUT2D eigenvalue weighted by Crippen LogP contribution is 2.42. The van der Waals surface area contributed by atoms with Gasteiger partial charge in [-0.3, -0.25) is 9.48 Å². The molecule has 3 aromatic carbocycles. The summed E-state index contributed by atoms with van der Waals surface area (Å²) in [4.78, 5) is 18.9. The lowest BCUT2D eigenvalue weighted by Crippen LogP contribution is -2.26. The molecule has 31 heavy (non-hydrogen) atoms. The van der Waals surface area contributed by atoms with E-state index in [1.165, 1.54) is 6.33 Å². The third-order valence-corrected chi connectivity index (χ3v) is 6.46. The van der Waals surface area contributed by atoms with Gasteiger partial charge in [0.2, 0.25) is 0 Å². The zero-order chi connectivity index (χ0) is 21.5. The first-order chi connectivity index (χ1) is 15.2. The second-order valence-electron chi connectivity index (χ2n) is 7.08. The molecule has 4 rings (SSSR count). The van der Waals surface area contributed by atoms with Gasteiger partial charge in [0, 0.05) is 15.7 Å². The van der Waals surface area contributed by atoms with E-state index in [-0.39, 0.29) is 17.0 Å². The summed E-state index contributed by atoms with van der Waals surface area (Å²) in [5, 5.41) is 4.17. The second-order valence-corrected chi connectivity index (χ2v) is 8.29. The van der Waals surface area contributed by atoms with Gasteiger partial charge in [-0.15, -0.1) is 11.8 Å². The third-order valence-electron chi connectivity index (χ3n) is 5.06. The molecule has 0 saturated heterocycles. The zero-order valence-electron chi connectivity index (χ0n) is 17.2. The number of hydrogen-bond acceptors (Lipinski definition) is 5. The summed E-state index contributed by atoms with van der Waals surface area (Å²) in [6.45, 7) is 0.435. The van der Waals surface area contributed by atoms with Crippen LogP contribution >= 0.6 is 11.8 Å². The van der Waals surface area contributed by atoms with E-state index in [9.17, 15) is 4.79 Å². The van der Waals surface area contributed by atoms with Gasteiger partial charge in [0.25, 0.3) is 0 Å². The maximum Gasteiger partial charge on any atom is 0.169 e. The van der Waals surface area contributed by atoms with Crippen molar-refractivity contribution in [2.75, 3.05) is 7.11 Å². The molecule has 5 nitrogen and oxygen atoms in total. The molecule has 0 amide bonds. The van der Waals surface area contributed by atoms with Crippen LogP contribution in [-0.4, -0.2) is 27.7 Å². The topological polar surface area (TPSA) is 57.0 Å². The van der Waals surface area contributed by atoms with Crippen LogP contribution in [-0.2, 0) is 6.54 Å². The molecule has 0 bridgehead atoms. The van der Waals surface area contributed by atoms with Gasteiger partial charge in [-0.05, 0) is 42.0 Å². The predicted molar refractivity (Wildman–Crippen MR) is 122 cm³/mol. The first-order valence-corrected chi connectivity index (χ1v) is 10.9. The predicted octanol–water partition coefficient (Wildman–Crippen LogP) is 5.32. The Bertz CT molecular complexity index is 1080. The summed E-state index contributed by atoms with van der Waals surface area (Å²) in [5.41, 5.74) is 1.75. The minimum absolute atomic E-state index is 0.0652. The lowest BCUT2D eigenvalue weighted by molar-refractivity contribution is 0.0901. The standard InChI is InChI=1S/C25H23N3O2S/c1-30-21-14-12-19(13-15-21)24(29)23(16-28-18-26-17-27-28)25(20-8-4-2-5-9-20)31-22-10-6-3-7-11-22/h2-15,17-18,23,25H,16H2,1H3/t23-,25-/m0/s1. The molecule has 4 aromatic rings. The molecule has 1 heterocycles. The Kier molecular flexibility index (Phi) is 6.79. The SMILES string of the molecule is COc1ccc(C(=O)[C@H](Cn2cncn2)[C@@H](Sc2ccccc2)c2ccccc2)cc1. The minimum Gasteiger partial charge on any atom is -0.497 e. The average Bonchev–Trinajstić information content (AvgIpc) is 3.35. The van der Waals surface area contributed by atoms with E-state index in [2.05, 4.69) is 34.3 Å². The molecule has 2 atom stereocenters. The van der Waals surface area contributed by atoms with E-state index in [1.54, 1.807) is 29.9 Å². The van der Waals surface area contributed by atoms with Crippen molar-refractivity contribution in [1.29, 1.82) is 0 Å². The van der Waals surface area contributed by atoms with Gasteiger partial charge >= 0.3 is 0 Å². The van der Waals surface area contributed by atoms with Gasteiger partial charge < -0.3 is 4.74 Å². The highest BCUT2D eigenvalue weighted by molar-refractivity contribution is 7.99. The number of methoxy groups -OCH3 is 1. The number of ether oxygens (including phenoxy) is 1. The quantitative estimate of drug-likeness (QED) is 0.266. The molecule has 0 saturated carbocycles. The van der Waals surface area contributed by atoms with Gasteiger partial charge in [-0.1, -0.05) is 48.5 Å². The van der Waals surface area contributed by atoms with Gasteiger partial charge in [0.15, 0.2) is 5.78 Å². The summed E-state index contributed by atoms with van der Waals surface area (Å²) in [7, 11) is 1.62. The number of aromatic nitrogens is 3. The Balaban J connectivity index is 1.74. The first kappa shape index (κ1) is 20.9. The minimum atomic E-state index is -0.345. The summed E-state index contributed by atoms with van der Waals surface area (Å²) in [5.74, 6) is 0.445. The Morgan fingerprint density at radius 1 is 0.968 bits per heavy atom. The van der Waals surface area contributed by atoms with Crippen LogP contribution in [0.2, 0.25) is 0 Å². The number of benzene rings is 3. The Hall–Kier alpha value is -3.38. The van der Waals surface area contributed by atoms with Crippen LogP contribution in [0, 0.1) is 5.92 Å². The van der Waals surface area contributed by atoms with Crippen molar-refractivity contribution in [3.05, 3.63) is 109 Å². The lowest BCUT2D eigenvalue weighted by atomic mass is 9.90. The number of carbonyl (C=O) groups is 1. The maximum atomic E-state index is 13.8. The van der Waals surface area contributed by atoms with Crippen molar-refractivity contribution in [3.63, 3.8) is 0 Å². The van der Waals surface area contributed by atoms with Crippen LogP contribution in [0.15, 0.2) is 102 Å². The molecule has 0 aliphatic heterocycles. The van der Waals surface area contributed by atoms with Crippen LogP contribution < -0.4 is 4.74 Å². The number of rotatable bonds is 9. The number of nitrogens with zero attached hydrogens (tertiary/aromatic N) is 3. The molecule has 0 fully saturated rings. The van der Waals surface area contributed by atoms with Crippen LogP contribution in [0.25, 0.3) is 0 Å². The van der Waals surface area contributed by atoms with Crippen molar-refractivity contribution in [2.45, 2.75) is 16.7 Å². The average molecular weight is 430 g/mol. The molecule has 0 unspecified atom stereocenters. The number of thioether (sulfide) groups is 1. The molecule has 156 valence electrons. The van der Waals surface area contributed by atoms with E-state index in [1.807, 2.05) is 60.7 Å². The summed E-state index contributed by atoms with van der Waals surface area (Å²) in [6, 6.07) is 27.6. The largest absolute Gasteiger partial charge is 0.497 e. The van der Waals surface area contributed by atoms with Crippen LogP contribution in [0.1, 0.15) is 21.2 Å². The maximum absolute atomic E-state index is 13.8. The Morgan fingerprint density at radius 2 is 1.65 bits per heavy atom. The van der Waals surface area contributed by atoms with Crippen LogP contribution in [0.5, 0.6) is 5.75 Å². The number of ketones is 1. The van der Waals surface area contributed by atoms with E-state index < -0.39 is 0 Å². The monoisotopic (exact) mass is 429 g/mol. The Morgan fingerprint density at radius 3 is 2.26 bits per heavy atom. The number of carbonyl (C=O) groups excluding carboxylic acids is 1. The number of Topliss-reactive ketones (excluding diaryl/α,β-unsaturated/α-hetero) is 1. The summed E-state index contributed by atoms with van der Waals surface area (Å²) >= 11 is 1.70. The van der Waals surface area contributed by atoms with Crippen LogP contribution in [0.4, 0.5) is 0 Å². The van der Waals surface area contributed by atoms with Crippen molar-refractivity contribution >= 4 is 17.5 Å². The number of hydrogen-bond donors (Lipinski definition) is 0. The molecule has 1 aromatic heterocycles. The summed E-state index contributed by atoms with van der Waals surface area (Å²) < 4.78 is 6.98. The molecular formula is C25H23N3O2S. The van der Waals surface area contributed by atoms with Crippen molar-refractivity contribution in [3.8, 4) is 5.75 Å². The van der Waals surface area contributed by atoms with Gasteiger partial charge in [0.05, 0.1) is 19.6 Å². The van der Waals surface area contributed by atoms with E-state index in [0.29, 0.717) is 12.1 Å². The van der Waals surface area contributed by atoms with E-state index in [0.717, 1.165) is 16.2 Å². The molecule has 6 heteroatoms. The normalized spacial score (nSPS) is 12.8. The molecule has 0 aliphatic carbocycles. The van der Waals surface area contributed by atoms with Crippen molar-refractivity contribution in [2.24, 2.45) is 5.92 Å². The molecule has 0 radical (unpaired) electrons.